The fraction of sp³-hybridized carbons (Fsp3) is 0.722. The number of carbonyl (C=O) groups is 5. The summed E-state index contributed by atoms with van der Waals surface area (Å²) in [7, 11) is 0. The molecule has 0 unspecified atom stereocenters. The van der Waals surface area contributed by atoms with Crippen molar-refractivity contribution in [1.29, 1.82) is 0 Å². The molecule has 29 heavy (non-hydrogen) atoms. The van der Waals surface area contributed by atoms with Crippen LogP contribution < -0.4 is 11.1 Å². The summed E-state index contributed by atoms with van der Waals surface area (Å²) in [6, 6.07) is -3.62. The van der Waals surface area contributed by atoms with Gasteiger partial charge in [-0.05, 0) is 39.0 Å². The summed E-state index contributed by atoms with van der Waals surface area (Å²) in [5.74, 6) is -3.60. The highest BCUT2D eigenvalue weighted by molar-refractivity contribution is 5.94. The van der Waals surface area contributed by atoms with Crippen molar-refractivity contribution in [3.8, 4) is 0 Å². The zero-order valence-electron chi connectivity index (χ0n) is 16.4. The van der Waals surface area contributed by atoms with Crippen LogP contribution >= 0.6 is 0 Å². The molecule has 0 aliphatic carbocycles. The Labute approximate surface area is 168 Å². The molecule has 11 nitrogen and oxygen atoms in total. The fourth-order valence-electron chi connectivity index (χ4n) is 3.83. The van der Waals surface area contributed by atoms with Crippen LogP contribution in [0.5, 0.6) is 0 Å². The Morgan fingerprint density at radius 2 is 1.55 bits per heavy atom. The number of nitrogens with zero attached hydrogens (tertiary/aromatic N) is 2. The van der Waals surface area contributed by atoms with Crippen molar-refractivity contribution in [3.05, 3.63) is 0 Å². The summed E-state index contributed by atoms with van der Waals surface area (Å²) in [5, 5.41) is 20.5. The SMILES string of the molecule is C[C@H](NC(=O)[C@@H]1CCCN1C(=O)[C@@H](N)CCC(=O)O)C(=O)N1CCC[C@H]1C(=O)O. The summed E-state index contributed by atoms with van der Waals surface area (Å²) >= 11 is 0. The molecule has 11 heteroatoms. The van der Waals surface area contributed by atoms with Gasteiger partial charge in [-0.3, -0.25) is 19.2 Å². The average Bonchev–Trinajstić information content (AvgIpc) is 3.33. The first-order valence-corrected chi connectivity index (χ1v) is 9.75. The van der Waals surface area contributed by atoms with Crippen molar-refractivity contribution in [2.45, 2.75) is 69.6 Å². The summed E-state index contributed by atoms with van der Waals surface area (Å²) in [5.41, 5.74) is 5.78. The fourth-order valence-corrected chi connectivity index (χ4v) is 3.83. The zero-order valence-corrected chi connectivity index (χ0v) is 16.4. The van der Waals surface area contributed by atoms with Gasteiger partial charge in [0, 0.05) is 19.5 Å². The van der Waals surface area contributed by atoms with Gasteiger partial charge < -0.3 is 31.1 Å². The smallest absolute Gasteiger partial charge is 0.326 e. The Kier molecular flexibility index (Phi) is 7.54. The highest BCUT2D eigenvalue weighted by atomic mass is 16.4. The number of amides is 3. The molecule has 162 valence electrons. The Hall–Kier alpha value is -2.69. The summed E-state index contributed by atoms with van der Waals surface area (Å²) in [6.45, 7) is 2.13. The number of carboxylic acid groups (broad SMARTS) is 2. The Morgan fingerprint density at radius 1 is 1.00 bits per heavy atom. The maximum Gasteiger partial charge on any atom is 0.326 e. The highest BCUT2D eigenvalue weighted by Crippen LogP contribution is 2.21. The lowest BCUT2D eigenvalue weighted by molar-refractivity contribution is -0.149. The van der Waals surface area contributed by atoms with E-state index in [0.717, 1.165) is 0 Å². The van der Waals surface area contributed by atoms with Gasteiger partial charge in [0.15, 0.2) is 0 Å². The number of nitrogens with one attached hydrogen (secondary N) is 1. The predicted octanol–water partition coefficient (Wildman–Crippen LogP) is -1.25. The minimum Gasteiger partial charge on any atom is -0.481 e. The van der Waals surface area contributed by atoms with Crippen molar-refractivity contribution in [2.75, 3.05) is 13.1 Å². The molecule has 2 aliphatic heterocycles. The van der Waals surface area contributed by atoms with Crippen LogP contribution in [0.2, 0.25) is 0 Å². The number of nitrogens with two attached hydrogens (primary N) is 1. The lowest BCUT2D eigenvalue weighted by Crippen LogP contribution is -2.55. The molecule has 2 rings (SSSR count). The van der Waals surface area contributed by atoms with E-state index < -0.39 is 53.8 Å². The second kappa shape index (κ2) is 9.68. The molecule has 0 aromatic heterocycles. The molecule has 2 saturated heterocycles. The van der Waals surface area contributed by atoms with Gasteiger partial charge in [0.25, 0.3) is 0 Å². The topological polar surface area (TPSA) is 170 Å². The van der Waals surface area contributed by atoms with E-state index in [2.05, 4.69) is 5.32 Å². The predicted molar refractivity (Wildman–Crippen MR) is 99.6 cm³/mol. The molecule has 2 heterocycles. The molecule has 0 aromatic rings. The minimum absolute atomic E-state index is 0.0283. The number of hydrogen-bond donors (Lipinski definition) is 4. The second-order valence-corrected chi connectivity index (χ2v) is 7.49. The first kappa shape index (κ1) is 22.6. The van der Waals surface area contributed by atoms with Gasteiger partial charge in [-0.25, -0.2) is 4.79 Å². The Bertz CT molecular complexity index is 683. The molecule has 0 spiro atoms. The van der Waals surface area contributed by atoms with Gasteiger partial charge in [-0.1, -0.05) is 0 Å². The van der Waals surface area contributed by atoms with Crippen molar-refractivity contribution in [3.63, 3.8) is 0 Å². The molecule has 3 amide bonds. The molecule has 0 radical (unpaired) electrons. The number of rotatable bonds is 8. The van der Waals surface area contributed by atoms with Gasteiger partial charge in [0.05, 0.1) is 6.04 Å². The number of carbonyl (C=O) groups excluding carboxylic acids is 3. The van der Waals surface area contributed by atoms with Crippen LogP contribution in [0.4, 0.5) is 0 Å². The number of carboxylic acids is 2. The third-order valence-corrected chi connectivity index (χ3v) is 5.38. The summed E-state index contributed by atoms with van der Waals surface area (Å²) in [6.07, 6.45) is 1.68. The van der Waals surface area contributed by atoms with Crippen LogP contribution in [0.1, 0.15) is 45.4 Å². The number of hydrogen-bond acceptors (Lipinski definition) is 6. The van der Waals surface area contributed by atoms with Crippen LogP contribution in [0.3, 0.4) is 0 Å². The van der Waals surface area contributed by atoms with E-state index >= 15 is 0 Å². The molecule has 2 aliphatic rings. The average molecular weight is 412 g/mol. The molecule has 5 N–H and O–H groups in total. The maximum absolute atomic E-state index is 12.7. The van der Waals surface area contributed by atoms with Crippen LogP contribution in [-0.4, -0.2) is 86.9 Å². The van der Waals surface area contributed by atoms with Gasteiger partial charge in [0.2, 0.25) is 17.7 Å². The first-order chi connectivity index (χ1) is 13.6. The first-order valence-electron chi connectivity index (χ1n) is 9.75. The van der Waals surface area contributed by atoms with E-state index in [1.54, 1.807) is 0 Å². The zero-order chi connectivity index (χ0) is 21.7. The Morgan fingerprint density at radius 3 is 2.10 bits per heavy atom. The van der Waals surface area contributed by atoms with Crippen molar-refractivity contribution in [1.82, 2.24) is 15.1 Å². The molecule has 4 atom stereocenters. The van der Waals surface area contributed by atoms with Crippen molar-refractivity contribution < 1.29 is 34.2 Å². The van der Waals surface area contributed by atoms with Gasteiger partial charge in [-0.2, -0.15) is 0 Å². The molecule has 2 fully saturated rings. The lowest BCUT2D eigenvalue weighted by atomic mass is 10.1. The van der Waals surface area contributed by atoms with E-state index in [4.69, 9.17) is 10.8 Å². The van der Waals surface area contributed by atoms with Gasteiger partial charge in [0.1, 0.15) is 18.1 Å². The quantitative estimate of drug-likeness (QED) is 0.383. The standard InChI is InChI=1S/C18H28N4O7/c1-10(16(26)22-9-3-5-13(22)18(28)29)20-15(25)12-4-2-8-21(12)17(27)11(19)6-7-14(23)24/h10-13H,2-9,19H2,1H3,(H,20,25)(H,23,24)(H,28,29)/t10-,11-,12-,13-/m0/s1. The van der Waals surface area contributed by atoms with E-state index in [1.807, 2.05) is 0 Å². The molecular weight excluding hydrogens is 384 g/mol. The van der Waals surface area contributed by atoms with Crippen LogP contribution in [0.15, 0.2) is 0 Å². The van der Waals surface area contributed by atoms with Crippen LogP contribution in [0.25, 0.3) is 0 Å². The largest absolute Gasteiger partial charge is 0.481 e. The molecular formula is C18H28N4O7. The summed E-state index contributed by atoms with van der Waals surface area (Å²) < 4.78 is 0. The van der Waals surface area contributed by atoms with E-state index in [9.17, 15) is 29.1 Å². The lowest BCUT2D eigenvalue weighted by Gasteiger charge is -2.29. The third-order valence-electron chi connectivity index (χ3n) is 5.38. The highest BCUT2D eigenvalue weighted by Gasteiger charge is 2.39. The third kappa shape index (κ3) is 5.43. The normalized spacial score (nSPS) is 23.5. The van der Waals surface area contributed by atoms with E-state index in [0.29, 0.717) is 38.8 Å². The minimum atomic E-state index is -1.07. The van der Waals surface area contributed by atoms with Gasteiger partial charge >= 0.3 is 11.9 Å². The number of likely N-dealkylation sites (tertiary alicyclic amines) is 2. The van der Waals surface area contributed by atoms with Crippen LogP contribution in [-0.2, 0) is 24.0 Å². The maximum atomic E-state index is 12.7. The monoisotopic (exact) mass is 412 g/mol. The van der Waals surface area contributed by atoms with E-state index in [1.165, 1.54) is 16.7 Å². The van der Waals surface area contributed by atoms with Crippen molar-refractivity contribution >= 4 is 29.7 Å². The van der Waals surface area contributed by atoms with Gasteiger partial charge in [-0.15, -0.1) is 0 Å². The summed E-state index contributed by atoms with van der Waals surface area (Å²) in [4.78, 5) is 62.3. The van der Waals surface area contributed by atoms with Crippen molar-refractivity contribution in [2.24, 2.45) is 5.73 Å². The van der Waals surface area contributed by atoms with Crippen LogP contribution in [0, 0.1) is 0 Å². The molecule has 0 bridgehead atoms. The Balaban J connectivity index is 1.96. The van der Waals surface area contributed by atoms with E-state index in [-0.39, 0.29) is 12.8 Å². The molecule has 0 saturated carbocycles. The molecule has 0 aromatic carbocycles. The second-order valence-electron chi connectivity index (χ2n) is 7.49. The number of aliphatic carboxylic acids is 2.